The van der Waals surface area contributed by atoms with Crippen molar-refractivity contribution < 1.29 is 9.09 Å². The molecule has 0 aromatic rings. The third-order valence-corrected chi connectivity index (χ3v) is 4.33. The van der Waals surface area contributed by atoms with E-state index in [4.69, 9.17) is 27.7 Å². The zero-order valence-electron chi connectivity index (χ0n) is 5.43. The Hall–Kier alpha value is 0.510. The van der Waals surface area contributed by atoms with E-state index in [0.717, 1.165) is 0 Å². The van der Waals surface area contributed by atoms with E-state index in [1.807, 2.05) is 0 Å². The van der Waals surface area contributed by atoms with Crippen molar-refractivity contribution >= 4 is 30.6 Å². The number of halogens is 2. The van der Waals surface area contributed by atoms with Gasteiger partial charge in [-0.05, 0) is 0 Å². The summed E-state index contributed by atoms with van der Waals surface area (Å²) >= 11 is 10.7. The van der Waals surface area contributed by atoms with E-state index in [1.165, 1.54) is 6.08 Å². The molecular formula is C5H9Cl2O2P. The van der Waals surface area contributed by atoms with Crippen LogP contribution in [-0.2, 0) is 9.09 Å². The molecule has 2 nitrogen and oxygen atoms in total. The van der Waals surface area contributed by atoms with Gasteiger partial charge in [-0.1, -0.05) is 6.08 Å². The Kier molecular flexibility index (Phi) is 5.46. The Bertz CT molecular complexity index is 141. The fourth-order valence-electron chi connectivity index (χ4n) is 0.289. The second-order valence-corrected chi connectivity index (χ2v) is 5.44. The zero-order chi connectivity index (χ0) is 8.04. The lowest BCUT2D eigenvalue weighted by atomic mass is 10.7. The highest BCUT2D eigenvalue weighted by atomic mass is 35.5. The average Bonchev–Trinajstić information content (AvgIpc) is 2.00. The average molecular weight is 203 g/mol. The molecule has 0 aliphatic rings. The third-order valence-electron chi connectivity index (χ3n) is 0.792. The Morgan fingerprint density at radius 2 is 2.00 bits per heavy atom. The van der Waals surface area contributed by atoms with Crippen molar-refractivity contribution in [3.8, 4) is 0 Å². The highest BCUT2D eigenvalue weighted by Gasteiger charge is 2.18. The van der Waals surface area contributed by atoms with Crippen LogP contribution in [0.25, 0.3) is 0 Å². The maximum absolute atomic E-state index is 11.2. The smallest absolute Gasteiger partial charge is 0.232 e. The first-order valence-electron chi connectivity index (χ1n) is 2.64. The molecule has 0 aliphatic heterocycles. The van der Waals surface area contributed by atoms with Gasteiger partial charge in [0.15, 0.2) is 0 Å². The van der Waals surface area contributed by atoms with E-state index in [9.17, 15) is 4.57 Å². The third kappa shape index (κ3) is 3.62. The Labute approximate surface area is 70.6 Å². The molecule has 0 amide bonds. The molecule has 0 aromatic heterocycles. The Morgan fingerprint density at radius 3 is 2.30 bits per heavy atom. The van der Waals surface area contributed by atoms with Gasteiger partial charge in [-0.25, -0.2) is 0 Å². The van der Waals surface area contributed by atoms with Crippen molar-refractivity contribution in [1.82, 2.24) is 0 Å². The van der Waals surface area contributed by atoms with Gasteiger partial charge >= 0.3 is 0 Å². The normalized spacial score (nSPS) is 11.4. The molecule has 0 saturated carbocycles. The van der Waals surface area contributed by atoms with Crippen molar-refractivity contribution in [2.45, 2.75) is 0 Å². The fraction of sp³-hybridized carbons (Fsp3) is 0.600. The molecule has 0 atom stereocenters. The second kappa shape index (κ2) is 5.20. The van der Waals surface area contributed by atoms with Crippen LogP contribution in [0.5, 0.6) is 0 Å². The van der Waals surface area contributed by atoms with Gasteiger partial charge in [0.1, 0.15) is 11.2 Å². The minimum absolute atomic E-state index is 0.0374. The molecule has 0 heterocycles. The minimum atomic E-state index is -2.74. The first-order valence-corrected chi connectivity index (χ1v) is 5.70. The van der Waals surface area contributed by atoms with Crippen molar-refractivity contribution in [1.29, 1.82) is 0 Å². The van der Waals surface area contributed by atoms with Gasteiger partial charge in [0.2, 0.25) is 7.37 Å². The molecule has 0 unspecified atom stereocenters. The lowest BCUT2D eigenvalue weighted by Gasteiger charge is -2.09. The van der Waals surface area contributed by atoms with E-state index in [0.29, 0.717) is 0 Å². The highest BCUT2D eigenvalue weighted by molar-refractivity contribution is 7.62. The number of hydrogen-bond acceptors (Lipinski definition) is 2. The zero-order valence-corrected chi connectivity index (χ0v) is 7.83. The molecular weight excluding hydrogens is 194 g/mol. The number of rotatable bonds is 5. The quantitative estimate of drug-likeness (QED) is 0.390. The summed E-state index contributed by atoms with van der Waals surface area (Å²) < 4.78 is 16.0. The largest absolute Gasteiger partial charge is 0.323 e. The summed E-state index contributed by atoms with van der Waals surface area (Å²) in [5.74, 6) is 0. The number of alkyl halides is 2. The second-order valence-electron chi connectivity index (χ2n) is 1.64. The standard InChI is InChI=1S/C5H9Cl2O2P/c1-2-3-9-10(8,4-6)5-7/h2H,1,3-5H2. The SMILES string of the molecule is C=CCOP(=O)(CCl)CCl. The van der Waals surface area contributed by atoms with Crippen LogP contribution in [0, 0.1) is 0 Å². The van der Waals surface area contributed by atoms with E-state index >= 15 is 0 Å². The van der Waals surface area contributed by atoms with Crippen LogP contribution in [0.2, 0.25) is 0 Å². The summed E-state index contributed by atoms with van der Waals surface area (Å²) in [6.07, 6.45) is 1.51. The highest BCUT2D eigenvalue weighted by Crippen LogP contribution is 2.48. The van der Waals surface area contributed by atoms with Gasteiger partial charge in [-0.3, -0.25) is 4.57 Å². The molecule has 0 radical (unpaired) electrons. The minimum Gasteiger partial charge on any atom is -0.323 e. The van der Waals surface area contributed by atoms with Gasteiger partial charge in [0.25, 0.3) is 0 Å². The van der Waals surface area contributed by atoms with Crippen LogP contribution >= 0.6 is 30.6 Å². The molecule has 0 bridgehead atoms. The molecule has 0 spiro atoms. The van der Waals surface area contributed by atoms with E-state index < -0.39 is 7.37 Å². The Balaban J connectivity index is 3.81. The molecule has 0 fully saturated rings. The van der Waals surface area contributed by atoms with Crippen LogP contribution in [0.15, 0.2) is 12.7 Å². The first kappa shape index (κ1) is 10.5. The summed E-state index contributed by atoms with van der Waals surface area (Å²) in [6.45, 7) is 3.63. The molecule has 0 rings (SSSR count). The summed E-state index contributed by atoms with van der Waals surface area (Å²) in [5, 5.41) is 0. The van der Waals surface area contributed by atoms with E-state index in [-0.39, 0.29) is 17.8 Å². The maximum atomic E-state index is 11.2. The molecule has 0 aromatic carbocycles. The van der Waals surface area contributed by atoms with Crippen molar-refractivity contribution in [3.05, 3.63) is 12.7 Å². The molecule has 0 N–H and O–H groups in total. The molecule has 0 saturated heterocycles. The van der Waals surface area contributed by atoms with Gasteiger partial charge in [-0.2, -0.15) is 0 Å². The topological polar surface area (TPSA) is 26.3 Å². The number of hydrogen-bond donors (Lipinski definition) is 0. The molecule has 10 heavy (non-hydrogen) atoms. The van der Waals surface area contributed by atoms with Gasteiger partial charge in [-0.15, -0.1) is 29.8 Å². The summed E-state index contributed by atoms with van der Waals surface area (Å²) in [4.78, 5) is 0. The molecule has 60 valence electrons. The fourth-order valence-corrected chi connectivity index (χ4v) is 2.05. The first-order chi connectivity index (χ1) is 4.68. The van der Waals surface area contributed by atoms with Crippen LogP contribution in [-0.4, -0.2) is 17.8 Å². The van der Waals surface area contributed by atoms with E-state index in [1.54, 1.807) is 0 Å². The maximum Gasteiger partial charge on any atom is 0.232 e. The lowest BCUT2D eigenvalue weighted by Crippen LogP contribution is -1.92. The van der Waals surface area contributed by atoms with Crippen LogP contribution in [0.3, 0.4) is 0 Å². The van der Waals surface area contributed by atoms with E-state index in [2.05, 4.69) is 6.58 Å². The predicted octanol–water partition coefficient (Wildman–Crippen LogP) is 2.86. The summed E-state index contributed by atoms with van der Waals surface area (Å²) in [5.41, 5.74) is -0.0747. The monoisotopic (exact) mass is 202 g/mol. The summed E-state index contributed by atoms with van der Waals surface area (Å²) in [7, 11) is -2.74. The molecule has 5 heteroatoms. The Morgan fingerprint density at radius 1 is 1.50 bits per heavy atom. The lowest BCUT2D eigenvalue weighted by molar-refractivity contribution is 0.359. The van der Waals surface area contributed by atoms with Gasteiger partial charge in [0.05, 0.1) is 6.61 Å². The van der Waals surface area contributed by atoms with Crippen molar-refractivity contribution in [2.75, 3.05) is 17.8 Å². The van der Waals surface area contributed by atoms with Crippen molar-refractivity contribution in [3.63, 3.8) is 0 Å². The van der Waals surface area contributed by atoms with Crippen molar-refractivity contribution in [2.24, 2.45) is 0 Å². The van der Waals surface area contributed by atoms with Crippen LogP contribution in [0.4, 0.5) is 0 Å². The van der Waals surface area contributed by atoms with Crippen LogP contribution in [0.1, 0.15) is 0 Å². The molecule has 0 aliphatic carbocycles. The summed E-state index contributed by atoms with van der Waals surface area (Å²) in [6, 6.07) is 0. The van der Waals surface area contributed by atoms with Crippen LogP contribution < -0.4 is 0 Å². The van der Waals surface area contributed by atoms with Gasteiger partial charge < -0.3 is 4.52 Å². The predicted molar refractivity (Wildman–Crippen MR) is 45.2 cm³/mol. The van der Waals surface area contributed by atoms with Gasteiger partial charge in [0, 0.05) is 0 Å².